The fourth-order valence-electron chi connectivity index (χ4n) is 2.43. The van der Waals surface area contributed by atoms with Crippen molar-refractivity contribution >= 4 is 16.8 Å². The summed E-state index contributed by atoms with van der Waals surface area (Å²) in [6, 6.07) is 5.60. The molecule has 0 radical (unpaired) electrons. The average Bonchev–Trinajstić information content (AvgIpc) is 2.43. The van der Waals surface area contributed by atoms with E-state index in [0.717, 1.165) is 18.4 Å². The molecule has 5 heteroatoms. The van der Waals surface area contributed by atoms with Crippen molar-refractivity contribution in [1.82, 2.24) is 14.9 Å². The standard InChI is InChI=1S/C16H21N3O2/c1-4-6-12(3)18-14(20)9-19-10-17-15-11(2)7-5-8-13(15)16(19)21/h5,7-8,10,12H,4,6,9H2,1-3H3,(H,18,20). The molecule has 21 heavy (non-hydrogen) atoms. The molecule has 1 amide bonds. The van der Waals surface area contributed by atoms with Gasteiger partial charge in [0.1, 0.15) is 6.54 Å². The number of rotatable bonds is 5. The predicted octanol–water partition coefficient (Wildman–Crippen LogP) is 2.01. The molecule has 0 saturated carbocycles. The zero-order chi connectivity index (χ0) is 15.4. The number of amides is 1. The van der Waals surface area contributed by atoms with Crippen LogP contribution in [0.15, 0.2) is 29.3 Å². The van der Waals surface area contributed by atoms with Crippen molar-refractivity contribution in [3.05, 3.63) is 40.4 Å². The fraction of sp³-hybridized carbons (Fsp3) is 0.438. The highest BCUT2D eigenvalue weighted by Crippen LogP contribution is 2.11. The third-order valence-corrected chi connectivity index (χ3v) is 3.50. The molecular formula is C16H21N3O2. The van der Waals surface area contributed by atoms with E-state index in [1.807, 2.05) is 26.0 Å². The van der Waals surface area contributed by atoms with Gasteiger partial charge < -0.3 is 5.32 Å². The van der Waals surface area contributed by atoms with Crippen LogP contribution in [0.25, 0.3) is 10.9 Å². The van der Waals surface area contributed by atoms with Crippen LogP contribution in [0.5, 0.6) is 0 Å². The summed E-state index contributed by atoms with van der Waals surface area (Å²) in [5, 5.41) is 3.44. The van der Waals surface area contributed by atoms with E-state index in [2.05, 4.69) is 17.2 Å². The van der Waals surface area contributed by atoms with Gasteiger partial charge in [-0.3, -0.25) is 14.2 Å². The Bertz CT molecular complexity index is 706. The third kappa shape index (κ3) is 3.48. The van der Waals surface area contributed by atoms with E-state index in [0.29, 0.717) is 10.9 Å². The van der Waals surface area contributed by atoms with E-state index >= 15 is 0 Å². The lowest BCUT2D eigenvalue weighted by Gasteiger charge is -2.13. The van der Waals surface area contributed by atoms with Gasteiger partial charge in [-0.2, -0.15) is 0 Å². The van der Waals surface area contributed by atoms with E-state index in [1.165, 1.54) is 10.9 Å². The van der Waals surface area contributed by atoms with Crippen molar-refractivity contribution in [2.45, 2.75) is 46.2 Å². The number of hydrogen-bond donors (Lipinski definition) is 1. The van der Waals surface area contributed by atoms with E-state index in [1.54, 1.807) is 6.07 Å². The maximum Gasteiger partial charge on any atom is 0.261 e. The highest BCUT2D eigenvalue weighted by Gasteiger charge is 2.10. The largest absolute Gasteiger partial charge is 0.352 e. The Balaban J connectivity index is 2.22. The first-order valence-electron chi connectivity index (χ1n) is 7.27. The van der Waals surface area contributed by atoms with Gasteiger partial charge in [-0.1, -0.05) is 25.5 Å². The van der Waals surface area contributed by atoms with Crippen molar-refractivity contribution in [3.8, 4) is 0 Å². The molecule has 0 aliphatic carbocycles. The Hall–Kier alpha value is -2.17. The maximum absolute atomic E-state index is 12.4. The molecule has 1 atom stereocenters. The SMILES string of the molecule is CCCC(C)NC(=O)Cn1cnc2c(C)cccc2c1=O. The van der Waals surface area contributed by atoms with Gasteiger partial charge in [0.05, 0.1) is 17.2 Å². The summed E-state index contributed by atoms with van der Waals surface area (Å²) in [5.74, 6) is -0.160. The smallest absolute Gasteiger partial charge is 0.261 e. The monoisotopic (exact) mass is 287 g/mol. The van der Waals surface area contributed by atoms with Crippen molar-refractivity contribution < 1.29 is 4.79 Å². The summed E-state index contributed by atoms with van der Waals surface area (Å²) in [5.41, 5.74) is 1.47. The molecule has 0 aliphatic heterocycles. The number of para-hydroxylation sites is 1. The van der Waals surface area contributed by atoms with Gasteiger partial charge in [0.2, 0.25) is 5.91 Å². The lowest BCUT2D eigenvalue weighted by Crippen LogP contribution is -2.37. The number of aromatic nitrogens is 2. The highest BCUT2D eigenvalue weighted by molar-refractivity contribution is 5.81. The van der Waals surface area contributed by atoms with Crippen molar-refractivity contribution in [2.24, 2.45) is 0 Å². The van der Waals surface area contributed by atoms with Crippen molar-refractivity contribution in [3.63, 3.8) is 0 Å². The normalized spacial score (nSPS) is 12.3. The first-order valence-corrected chi connectivity index (χ1v) is 7.27. The Morgan fingerprint density at radius 1 is 1.43 bits per heavy atom. The average molecular weight is 287 g/mol. The van der Waals surface area contributed by atoms with E-state index in [4.69, 9.17) is 0 Å². The Kier molecular flexibility index (Phi) is 4.73. The number of benzene rings is 1. The van der Waals surface area contributed by atoms with Crippen LogP contribution in [-0.2, 0) is 11.3 Å². The maximum atomic E-state index is 12.4. The number of carbonyl (C=O) groups is 1. The molecule has 5 nitrogen and oxygen atoms in total. The van der Waals surface area contributed by atoms with Gasteiger partial charge in [-0.15, -0.1) is 0 Å². The molecule has 2 rings (SSSR count). The van der Waals surface area contributed by atoms with E-state index < -0.39 is 0 Å². The molecule has 1 aromatic heterocycles. The van der Waals surface area contributed by atoms with E-state index in [9.17, 15) is 9.59 Å². The molecule has 1 aromatic carbocycles. The van der Waals surface area contributed by atoms with Crippen LogP contribution in [0, 0.1) is 6.92 Å². The van der Waals surface area contributed by atoms with Gasteiger partial charge in [-0.05, 0) is 31.9 Å². The molecule has 0 saturated heterocycles. The van der Waals surface area contributed by atoms with Crippen molar-refractivity contribution in [2.75, 3.05) is 0 Å². The van der Waals surface area contributed by atoms with E-state index in [-0.39, 0.29) is 24.1 Å². The summed E-state index contributed by atoms with van der Waals surface area (Å²) < 4.78 is 1.36. The van der Waals surface area contributed by atoms with Crippen molar-refractivity contribution in [1.29, 1.82) is 0 Å². The number of hydrogen-bond acceptors (Lipinski definition) is 3. The quantitative estimate of drug-likeness (QED) is 0.915. The minimum Gasteiger partial charge on any atom is -0.352 e. The molecule has 0 spiro atoms. The van der Waals surface area contributed by atoms with Crippen LogP contribution in [0.2, 0.25) is 0 Å². The highest BCUT2D eigenvalue weighted by atomic mass is 16.2. The van der Waals surface area contributed by atoms with Gasteiger partial charge in [0.15, 0.2) is 0 Å². The second-order valence-electron chi connectivity index (χ2n) is 5.41. The second kappa shape index (κ2) is 6.52. The van der Waals surface area contributed by atoms with Gasteiger partial charge in [0.25, 0.3) is 5.56 Å². The van der Waals surface area contributed by atoms with Gasteiger partial charge in [0, 0.05) is 6.04 Å². The third-order valence-electron chi connectivity index (χ3n) is 3.50. The number of aryl methyl sites for hydroxylation is 1. The van der Waals surface area contributed by atoms with Crippen LogP contribution in [0.4, 0.5) is 0 Å². The second-order valence-corrected chi connectivity index (χ2v) is 5.41. The molecule has 0 bridgehead atoms. The fourth-order valence-corrected chi connectivity index (χ4v) is 2.43. The summed E-state index contributed by atoms with van der Waals surface area (Å²) in [6.45, 7) is 5.96. The number of nitrogens with zero attached hydrogens (tertiary/aromatic N) is 2. The summed E-state index contributed by atoms with van der Waals surface area (Å²) >= 11 is 0. The Labute approximate surface area is 124 Å². The summed E-state index contributed by atoms with van der Waals surface area (Å²) in [4.78, 5) is 28.6. The van der Waals surface area contributed by atoms with Crippen LogP contribution in [-0.4, -0.2) is 21.5 Å². The molecular weight excluding hydrogens is 266 g/mol. The Morgan fingerprint density at radius 2 is 2.19 bits per heavy atom. The molecule has 112 valence electrons. The molecule has 2 aromatic rings. The lowest BCUT2D eigenvalue weighted by atomic mass is 10.1. The zero-order valence-electron chi connectivity index (χ0n) is 12.7. The number of fused-ring (bicyclic) bond motifs is 1. The van der Waals surface area contributed by atoms with Crippen LogP contribution in [0.1, 0.15) is 32.3 Å². The molecule has 1 N–H and O–H groups in total. The molecule has 0 aliphatic rings. The first kappa shape index (κ1) is 15.2. The Morgan fingerprint density at radius 3 is 2.90 bits per heavy atom. The number of carbonyl (C=O) groups excluding carboxylic acids is 1. The predicted molar refractivity (Wildman–Crippen MR) is 83.3 cm³/mol. The van der Waals surface area contributed by atoms with Crippen LogP contribution < -0.4 is 10.9 Å². The number of nitrogens with one attached hydrogen (secondary N) is 1. The summed E-state index contributed by atoms with van der Waals surface area (Å²) in [6.07, 6.45) is 3.38. The molecule has 0 fully saturated rings. The molecule has 1 unspecified atom stereocenters. The van der Waals surface area contributed by atoms with Crippen LogP contribution >= 0.6 is 0 Å². The summed E-state index contributed by atoms with van der Waals surface area (Å²) in [7, 11) is 0. The minimum absolute atomic E-state index is 0.00374. The molecule has 1 heterocycles. The lowest BCUT2D eigenvalue weighted by molar-refractivity contribution is -0.122. The minimum atomic E-state index is -0.179. The van der Waals surface area contributed by atoms with Crippen LogP contribution in [0.3, 0.4) is 0 Å². The van der Waals surface area contributed by atoms with Gasteiger partial charge in [-0.25, -0.2) is 4.98 Å². The first-order chi connectivity index (χ1) is 10.0. The topological polar surface area (TPSA) is 64.0 Å². The van der Waals surface area contributed by atoms with Gasteiger partial charge >= 0.3 is 0 Å². The zero-order valence-corrected chi connectivity index (χ0v) is 12.7.